The second-order valence-electron chi connectivity index (χ2n) is 4.80. The summed E-state index contributed by atoms with van der Waals surface area (Å²) in [5.74, 6) is -3.06. The zero-order valence-electron chi connectivity index (χ0n) is 10.8. The fourth-order valence-corrected chi connectivity index (χ4v) is 2.95. The van der Waals surface area contributed by atoms with E-state index in [2.05, 4.69) is 0 Å². The molecule has 5 nitrogen and oxygen atoms in total. The van der Waals surface area contributed by atoms with E-state index in [-0.39, 0.29) is 6.04 Å². The van der Waals surface area contributed by atoms with Crippen LogP contribution in [0.25, 0.3) is 0 Å². The van der Waals surface area contributed by atoms with E-state index >= 15 is 0 Å². The Bertz CT molecular complexity index is 661. The molecule has 0 aliphatic carbocycles. The quantitative estimate of drug-likeness (QED) is 0.892. The number of sulfonamides is 1. The van der Waals surface area contributed by atoms with Crippen molar-refractivity contribution in [2.75, 3.05) is 6.54 Å². The van der Waals surface area contributed by atoms with E-state index in [4.69, 9.17) is 5.14 Å². The summed E-state index contributed by atoms with van der Waals surface area (Å²) in [6.45, 7) is 2.23. The fourth-order valence-electron chi connectivity index (χ4n) is 2.32. The lowest BCUT2D eigenvalue weighted by molar-refractivity contribution is 0.0741. The maximum atomic E-state index is 14.1. The first kappa shape index (κ1) is 14.9. The van der Waals surface area contributed by atoms with Gasteiger partial charge < -0.3 is 4.90 Å². The monoisotopic (exact) mass is 304 g/mol. The van der Waals surface area contributed by atoms with E-state index in [0.717, 1.165) is 12.8 Å². The number of halogens is 2. The second-order valence-corrected chi connectivity index (χ2v) is 6.33. The molecular formula is C12H14F2N2O3S. The number of carbonyl (C=O) groups is 1. The van der Waals surface area contributed by atoms with Crippen molar-refractivity contribution in [1.29, 1.82) is 0 Å². The average molecular weight is 304 g/mol. The number of hydrogen-bond donors (Lipinski definition) is 1. The Morgan fingerprint density at radius 2 is 2.05 bits per heavy atom. The molecule has 0 radical (unpaired) electrons. The van der Waals surface area contributed by atoms with Crippen LogP contribution in [0.5, 0.6) is 0 Å². The maximum absolute atomic E-state index is 14.1. The predicted octanol–water partition coefficient (Wildman–Crippen LogP) is 1.24. The summed E-state index contributed by atoms with van der Waals surface area (Å²) in [4.78, 5) is 12.6. The Kier molecular flexibility index (Phi) is 3.79. The summed E-state index contributed by atoms with van der Waals surface area (Å²) < 4.78 is 50.0. The lowest BCUT2D eigenvalue weighted by Crippen LogP contribution is -2.34. The van der Waals surface area contributed by atoms with Crippen molar-refractivity contribution < 1.29 is 22.0 Å². The molecule has 8 heteroatoms. The van der Waals surface area contributed by atoms with Crippen molar-refractivity contribution in [2.24, 2.45) is 5.14 Å². The normalized spacial score (nSPS) is 19.4. The first-order chi connectivity index (χ1) is 9.21. The lowest BCUT2D eigenvalue weighted by Gasteiger charge is -2.22. The van der Waals surface area contributed by atoms with E-state index in [1.165, 1.54) is 4.90 Å². The summed E-state index contributed by atoms with van der Waals surface area (Å²) >= 11 is 0. The third-order valence-corrected chi connectivity index (χ3v) is 4.26. The predicted molar refractivity (Wildman–Crippen MR) is 67.5 cm³/mol. The van der Waals surface area contributed by atoms with Crippen molar-refractivity contribution in [3.8, 4) is 0 Å². The van der Waals surface area contributed by atoms with Gasteiger partial charge in [0.1, 0.15) is 10.7 Å². The average Bonchev–Trinajstić information content (AvgIpc) is 2.75. The van der Waals surface area contributed by atoms with Crippen molar-refractivity contribution in [1.82, 2.24) is 4.90 Å². The highest BCUT2D eigenvalue weighted by molar-refractivity contribution is 7.89. The number of nitrogens with two attached hydrogens (primary N) is 1. The molecule has 1 saturated heterocycles. The van der Waals surface area contributed by atoms with Crippen LogP contribution in [0.2, 0.25) is 0 Å². The van der Waals surface area contributed by atoms with Crippen LogP contribution in [0, 0.1) is 11.6 Å². The van der Waals surface area contributed by atoms with Gasteiger partial charge in [-0.3, -0.25) is 4.79 Å². The lowest BCUT2D eigenvalue weighted by atomic mass is 10.1. The summed E-state index contributed by atoms with van der Waals surface area (Å²) in [6.07, 6.45) is 1.54. The molecule has 0 aromatic heterocycles. The summed E-state index contributed by atoms with van der Waals surface area (Å²) in [6, 6.07) is 1.06. The number of likely N-dealkylation sites (tertiary alicyclic amines) is 1. The molecule has 1 heterocycles. The van der Waals surface area contributed by atoms with Crippen LogP contribution in [-0.4, -0.2) is 31.8 Å². The Balaban J connectivity index is 2.52. The van der Waals surface area contributed by atoms with Crippen LogP contribution in [0.4, 0.5) is 8.78 Å². The van der Waals surface area contributed by atoms with Gasteiger partial charge in [-0.25, -0.2) is 22.3 Å². The molecule has 1 aromatic rings. The zero-order chi connectivity index (χ0) is 15.1. The SMILES string of the molecule is CC1CCCN1C(=O)c1cc(F)cc(S(N)(=O)=O)c1F. The molecule has 0 bridgehead atoms. The summed E-state index contributed by atoms with van der Waals surface area (Å²) in [5, 5.41) is 4.82. The Morgan fingerprint density at radius 3 is 2.55 bits per heavy atom. The number of primary sulfonamides is 1. The first-order valence-corrected chi connectivity index (χ1v) is 7.59. The fraction of sp³-hybridized carbons (Fsp3) is 0.417. The molecule has 0 spiro atoms. The second kappa shape index (κ2) is 5.10. The minimum absolute atomic E-state index is 0.0944. The molecule has 1 aromatic carbocycles. The summed E-state index contributed by atoms with van der Waals surface area (Å²) in [5.41, 5.74) is -0.609. The minimum atomic E-state index is -4.43. The molecule has 1 fully saturated rings. The van der Waals surface area contributed by atoms with E-state index < -0.39 is 38.0 Å². The van der Waals surface area contributed by atoms with E-state index in [9.17, 15) is 22.0 Å². The first-order valence-electron chi connectivity index (χ1n) is 6.04. The van der Waals surface area contributed by atoms with Gasteiger partial charge in [-0.2, -0.15) is 0 Å². The number of nitrogens with zero attached hydrogens (tertiary/aromatic N) is 1. The van der Waals surface area contributed by atoms with Crippen molar-refractivity contribution in [3.05, 3.63) is 29.3 Å². The highest BCUT2D eigenvalue weighted by Crippen LogP contribution is 2.24. The van der Waals surface area contributed by atoms with Gasteiger partial charge in [0.25, 0.3) is 5.91 Å². The third kappa shape index (κ3) is 2.66. The molecular weight excluding hydrogens is 290 g/mol. The smallest absolute Gasteiger partial charge is 0.257 e. The third-order valence-electron chi connectivity index (χ3n) is 3.35. The Hall–Kier alpha value is -1.54. The van der Waals surface area contributed by atoms with Crippen molar-refractivity contribution >= 4 is 15.9 Å². The van der Waals surface area contributed by atoms with Gasteiger partial charge in [-0.15, -0.1) is 0 Å². The van der Waals surface area contributed by atoms with Gasteiger partial charge in [0.15, 0.2) is 5.82 Å². The van der Waals surface area contributed by atoms with Gasteiger partial charge >= 0.3 is 0 Å². The topological polar surface area (TPSA) is 80.5 Å². The number of hydrogen-bond acceptors (Lipinski definition) is 3. The van der Waals surface area contributed by atoms with Gasteiger partial charge in [-0.1, -0.05) is 0 Å². The molecule has 20 heavy (non-hydrogen) atoms. The Morgan fingerprint density at radius 1 is 1.40 bits per heavy atom. The molecule has 110 valence electrons. The Labute approximate surface area is 115 Å². The molecule has 1 unspecified atom stereocenters. The highest BCUT2D eigenvalue weighted by Gasteiger charge is 2.30. The van der Waals surface area contributed by atoms with Crippen LogP contribution in [-0.2, 0) is 10.0 Å². The number of carbonyl (C=O) groups excluding carboxylic acids is 1. The molecule has 1 atom stereocenters. The van der Waals surface area contributed by atoms with Gasteiger partial charge in [-0.05, 0) is 31.9 Å². The number of benzene rings is 1. The zero-order valence-corrected chi connectivity index (χ0v) is 11.6. The van der Waals surface area contributed by atoms with Crippen LogP contribution in [0.3, 0.4) is 0 Å². The number of rotatable bonds is 2. The van der Waals surface area contributed by atoms with Crippen LogP contribution >= 0.6 is 0 Å². The molecule has 2 rings (SSSR count). The van der Waals surface area contributed by atoms with E-state index in [1.807, 2.05) is 0 Å². The van der Waals surface area contributed by atoms with Crippen LogP contribution in [0.15, 0.2) is 17.0 Å². The molecule has 1 aliphatic heterocycles. The largest absolute Gasteiger partial charge is 0.336 e. The maximum Gasteiger partial charge on any atom is 0.257 e. The standard InChI is InChI=1S/C12H14F2N2O3S/c1-7-3-2-4-16(7)12(17)9-5-8(13)6-10(11(9)14)20(15,18)19/h5-7H,2-4H2,1H3,(H2,15,18,19). The molecule has 2 N–H and O–H groups in total. The van der Waals surface area contributed by atoms with E-state index in [1.54, 1.807) is 6.92 Å². The minimum Gasteiger partial charge on any atom is -0.336 e. The molecule has 1 amide bonds. The van der Waals surface area contributed by atoms with E-state index in [0.29, 0.717) is 18.7 Å². The molecule has 0 saturated carbocycles. The summed E-state index contributed by atoms with van der Waals surface area (Å²) in [7, 11) is -4.43. The van der Waals surface area contributed by atoms with Crippen molar-refractivity contribution in [2.45, 2.75) is 30.7 Å². The van der Waals surface area contributed by atoms with Crippen molar-refractivity contribution in [3.63, 3.8) is 0 Å². The van der Waals surface area contributed by atoms with Gasteiger partial charge in [0.05, 0.1) is 5.56 Å². The molecule has 1 aliphatic rings. The van der Waals surface area contributed by atoms with Crippen LogP contribution in [0.1, 0.15) is 30.1 Å². The van der Waals surface area contributed by atoms with Gasteiger partial charge in [0.2, 0.25) is 10.0 Å². The van der Waals surface area contributed by atoms with Gasteiger partial charge in [0, 0.05) is 12.6 Å². The highest BCUT2D eigenvalue weighted by atomic mass is 32.2. The number of amides is 1. The van der Waals surface area contributed by atoms with Crippen LogP contribution < -0.4 is 5.14 Å².